The average Bonchev–Trinajstić information content (AvgIpc) is 2.88. The Morgan fingerprint density at radius 1 is 1.35 bits per heavy atom. The molecule has 3 nitrogen and oxygen atoms in total. The van der Waals surface area contributed by atoms with Crippen LogP contribution < -0.4 is 5.32 Å². The molecule has 2 atom stereocenters. The highest BCUT2D eigenvalue weighted by molar-refractivity contribution is 6.34. The fourth-order valence-corrected chi connectivity index (χ4v) is 2.67. The van der Waals surface area contributed by atoms with Gasteiger partial charge in [0.15, 0.2) is 5.58 Å². The predicted octanol–water partition coefficient (Wildman–Crippen LogP) is 4.55. The number of halogens is 1. The van der Waals surface area contributed by atoms with Crippen LogP contribution in [0.4, 0.5) is 0 Å². The Morgan fingerprint density at radius 2 is 2.15 bits per heavy atom. The van der Waals surface area contributed by atoms with E-state index in [2.05, 4.69) is 25.2 Å². The van der Waals surface area contributed by atoms with E-state index in [1.54, 1.807) is 7.11 Å². The molecule has 1 aromatic carbocycles. The Labute approximate surface area is 125 Å². The van der Waals surface area contributed by atoms with Crippen molar-refractivity contribution in [3.63, 3.8) is 0 Å². The summed E-state index contributed by atoms with van der Waals surface area (Å²) >= 11 is 6.18. The van der Waals surface area contributed by atoms with Crippen LogP contribution in [0.1, 0.15) is 38.5 Å². The number of ether oxygens (including phenoxy) is 1. The number of furan rings is 1. The molecule has 2 aromatic rings. The highest BCUT2D eigenvalue weighted by Crippen LogP contribution is 2.31. The SMILES string of the molecule is CCCNC(c1cc2cccc(Cl)c2o1)C(CC)OC. The van der Waals surface area contributed by atoms with E-state index in [0.717, 1.165) is 36.1 Å². The molecule has 4 heteroatoms. The summed E-state index contributed by atoms with van der Waals surface area (Å²) in [4.78, 5) is 0. The second kappa shape index (κ2) is 7.11. The Hall–Kier alpha value is -1.03. The van der Waals surface area contributed by atoms with Crippen LogP contribution in [0.5, 0.6) is 0 Å². The molecule has 0 aliphatic heterocycles. The van der Waals surface area contributed by atoms with Crippen LogP contribution in [0.3, 0.4) is 0 Å². The second-order valence-electron chi connectivity index (χ2n) is 4.92. The Bertz CT molecular complexity index is 548. The molecule has 1 heterocycles. The summed E-state index contributed by atoms with van der Waals surface area (Å²) < 4.78 is 11.6. The number of rotatable bonds is 7. The van der Waals surface area contributed by atoms with Gasteiger partial charge in [-0.1, -0.05) is 37.6 Å². The molecule has 0 amide bonds. The van der Waals surface area contributed by atoms with Gasteiger partial charge in [-0.2, -0.15) is 0 Å². The zero-order valence-electron chi connectivity index (χ0n) is 12.3. The van der Waals surface area contributed by atoms with Gasteiger partial charge >= 0.3 is 0 Å². The van der Waals surface area contributed by atoms with Crippen LogP contribution >= 0.6 is 11.6 Å². The molecule has 0 radical (unpaired) electrons. The van der Waals surface area contributed by atoms with Gasteiger partial charge in [0, 0.05) is 12.5 Å². The van der Waals surface area contributed by atoms with Crippen molar-refractivity contribution in [2.45, 2.75) is 38.8 Å². The molecule has 0 bridgehead atoms. The summed E-state index contributed by atoms with van der Waals surface area (Å²) in [6.07, 6.45) is 2.07. The molecule has 0 aliphatic rings. The van der Waals surface area contributed by atoms with E-state index in [1.165, 1.54) is 0 Å². The largest absolute Gasteiger partial charge is 0.458 e. The first-order valence-electron chi connectivity index (χ1n) is 7.15. The minimum atomic E-state index is 0.0495. The summed E-state index contributed by atoms with van der Waals surface area (Å²) in [6.45, 7) is 5.19. The third-order valence-electron chi connectivity index (χ3n) is 3.51. The topological polar surface area (TPSA) is 34.4 Å². The van der Waals surface area contributed by atoms with Gasteiger partial charge in [0.05, 0.1) is 17.2 Å². The maximum absolute atomic E-state index is 6.18. The summed E-state index contributed by atoms with van der Waals surface area (Å²) in [5.74, 6) is 0.884. The third-order valence-corrected chi connectivity index (χ3v) is 3.81. The number of hydrogen-bond acceptors (Lipinski definition) is 3. The molecule has 0 saturated heterocycles. The number of nitrogens with one attached hydrogen (secondary N) is 1. The molecule has 1 aromatic heterocycles. The number of para-hydroxylation sites is 1. The zero-order valence-corrected chi connectivity index (χ0v) is 13.0. The maximum atomic E-state index is 6.18. The van der Waals surface area contributed by atoms with Crippen LogP contribution in [-0.2, 0) is 4.74 Å². The van der Waals surface area contributed by atoms with Crippen molar-refractivity contribution in [1.82, 2.24) is 5.32 Å². The Balaban J connectivity index is 2.36. The molecular formula is C16H22ClNO2. The molecule has 0 fully saturated rings. The first-order valence-corrected chi connectivity index (χ1v) is 7.53. The first-order chi connectivity index (χ1) is 9.71. The van der Waals surface area contributed by atoms with Gasteiger partial charge in [-0.3, -0.25) is 0 Å². The standard InChI is InChI=1S/C16H22ClNO2/c1-4-9-18-15(13(5-2)19-3)14-10-11-7-6-8-12(17)16(11)20-14/h6-8,10,13,15,18H,4-5,9H2,1-3H3. The van der Waals surface area contributed by atoms with E-state index < -0.39 is 0 Å². The minimum absolute atomic E-state index is 0.0495. The molecule has 20 heavy (non-hydrogen) atoms. The Kier molecular flexibility index (Phi) is 5.46. The predicted molar refractivity (Wildman–Crippen MR) is 83.3 cm³/mol. The summed E-state index contributed by atoms with van der Waals surface area (Å²) in [7, 11) is 1.74. The molecule has 0 aliphatic carbocycles. The van der Waals surface area contributed by atoms with Crippen molar-refractivity contribution in [2.24, 2.45) is 0 Å². The number of benzene rings is 1. The maximum Gasteiger partial charge on any atom is 0.152 e. The Morgan fingerprint density at radius 3 is 2.75 bits per heavy atom. The first kappa shape index (κ1) is 15.4. The molecule has 110 valence electrons. The van der Waals surface area contributed by atoms with E-state index in [1.807, 2.05) is 18.2 Å². The molecule has 2 unspecified atom stereocenters. The van der Waals surface area contributed by atoms with Crippen molar-refractivity contribution in [3.05, 3.63) is 35.0 Å². The fourth-order valence-electron chi connectivity index (χ4n) is 2.45. The van der Waals surface area contributed by atoms with Crippen molar-refractivity contribution in [3.8, 4) is 0 Å². The van der Waals surface area contributed by atoms with Crippen LogP contribution in [0, 0.1) is 0 Å². The summed E-state index contributed by atoms with van der Waals surface area (Å²) in [6, 6.07) is 7.90. The van der Waals surface area contributed by atoms with Crippen molar-refractivity contribution >= 4 is 22.6 Å². The van der Waals surface area contributed by atoms with Crippen molar-refractivity contribution in [2.75, 3.05) is 13.7 Å². The smallest absolute Gasteiger partial charge is 0.152 e. The number of fused-ring (bicyclic) bond motifs is 1. The molecule has 2 rings (SSSR count). The normalized spacial score (nSPS) is 14.6. The lowest BCUT2D eigenvalue weighted by atomic mass is 10.1. The van der Waals surface area contributed by atoms with Gasteiger partial charge in [-0.15, -0.1) is 0 Å². The minimum Gasteiger partial charge on any atom is -0.458 e. The number of methoxy groups -OCH3 is 1. The average molecular weight is 296 g/mol. The van der Waals surface area contributed by atoms with Crippen LogP contribution in [0.25, 0.3) is 11.0 Å². The lowest BCUT2D eigenvalue weighted by Gasteiger charge is -2.24. The van der Waals surface area contributed by atoms with Gasteiger partial charge in [0.1, 0.15) is 5.76 Å². The number of hydrogen-bond donors (Lipinski definition) is 1. The van der Waals surface area contributed by atoms with E-state index in [4.69, 9.17) is 20.8 Å². The van der Waals surface area contributed by atoms with Crippen LogP contribution in [0.2, 0.25) is 5.02 Å². The summed E-state index contributed by atoms with van der Waals surface area (Å²) in [5.41, 5.74) is 0.749. The van der Waals surface area contributed by atoms with E-state index >= 15 is 0 Å². The van der Waals surface area contributed by atoms with E-state index in [0.29, 0.717) is 5.02 Å². The van der Waals surface area contributed by atoms with Gasteiger partial charge in [-0.05, 0) is 31.5 Å². The van der Waals surface area contributed by atoms with Gasteiger partial charge in [-0.25, -0.2) is 0 Å². The third kappa shape index (κ3) is 3.17. The quantitative estimate of drug-likeness (QED) is 0.813. The summed E-state index contributed by atoms with van der Waals surface area (Å²) in [5, 5.41) is 5.18. The van der Waals surface area contributed by atoms with Gasteiger partial charge in [0.25, 0.3) is 0 Å². The van der Waals surface area contributed by atoms with Gasteiger partial charge in [0.2, 0.25) is 0 Å². The molecular weight excluding hydrogens is 274 g/mol. The zero-order chi connectivity index (χ0) is 14.5. The van der Waals surface area contributed by atoms with E-state index in [9.17, 15) is 0 Å². The van der Waals surface area contributed by atoms with Crippen LogP contribution in [-0.4, -0.2) is 19.8 Å². The lowest BCUT2D eigenvalue weighted by molar-refractivity contribution is 0.0585. The van der Waals surface area contributed by atoms with E-state index in [-0.39, 0.29) is 12.1 Å². The molecule has 0 spiro atoms. The van der Waals surface area contributed by atoms with Crippen LogP contribution in [0.15, 0.2) is 28.7 Å². The highest BCUT2D eigenvalue weighted by Gasteiger charge is 2.24. The van der Waals surface area contributed by atoms with Gasteiger partial charge < -0.3 is 14.5 Å². The molecule has 1 N–H and O–H groups in total. The molecule has 0 saturated carbocycles. The van der Waals surface area contributed by atoms with Crippen molar-refractivity contribution in [1.29, 1.82) is 0 Å². The highest BCUT2D eigenvalue weighted by atomic mass is 35.5. The fraction of sp³-hybridized carbons (Fsp3) is 0.500. The van der Waals surface area contributed by atoms with Crippen molar-refractivity contribution < 1.29 is 9.15 Å². The monoisotopic (exact) mass is 295 g/mol. The second-order valence-corrected chi connectivity index (χ2v) is 5.33. The lowest BCUT2D eigenvalue weighted by Crippen LogP contribution is -2.33.